The van der Waals surface area contributed by atoms with Crippen molar-refractivity contribution in [3.63, 3.8) is 0 Å². The molecule has 0 fully saturated rings. The summed E-state index contributed by atoms with van der Waals surface area (Å²) in [5, 5.41) is 0. The van der Waals surface area contributed by atoms with E-state index in [1.54, 1.807) is 12.1 Å². The molecule has 0 saturated carbocycles. The highest BCUT2D eigenvalue weighted by atomic mass is 19.4. The second-order valence-corrected chi connectivity index (χ2v) is 5.45. The number of aryl methyl sites for hydroxylation is 1. The van der Waals surface area contributed by atoms with Gasteiger partial charge in [-0.3, -0.25) is 4.90 Å². The zero-order chi connectivity index (χ0) is 17.5. The van der Waals surface area contributed by atoms with Gasteiger partial charge in [0.2, 0.25) is 0 Å². The summed E-state index contributed by atoms with van der Waals surface area (Å²) in [5.41, 5.74) is 0.135. The van der Waals surface area contributed by atoms with Crippen LogP contribution in [-0.4, -0.2) is 29.1 Å². The highest BCUT2D eigenvalue weighted by molar-refractivity contribution is 5.86. The van der Waals surface area contributed by atoms with Gasteiger partial charge in [-0.05, 0) is 30.7 Å². The van der Waals surface area contributed by atoms with E-state index in [4.69, 9.17) is 4.74 Å². The van der Waals surface area contributed by atoms with E-state index < -0.39 is 23.8 Å². The Morgan fingerprint density at radius 3 is 2.79 bits per heavy atom. The van der Waals surface area contributed by atoms with Crippen molar-refractivity contribution in [1.29, 1.82) is 0 Å². The second kappa shape index (κ2) is 5.77. The fraction of sp³-hybridized carbons (Fsp3) is 0.312. The van der Waals surface area contributed by atoms with E-state index in [1.165, 1.54) is 25.1 Å². The number of rotatable bonds is 2. The van der Waals surface area contributed by atoms with Crippen molar-refractivity contribution in [3.05, 3.63) is 47.3 Å². The van der Waals surface area contributed by atoms with Gasteiger partial charge in [0.15, 0.2) is 0 Å². The van der Waals surface area contributed by atoms with Gasteiger partial charge < -0.3 is 4.74 Å². The van der Waals surface area contributed by atoms with Crippen LogP contribution in [0.15, 0.2) is 30.5 Å². The molecule has 1 aliphatic heterocycles. The number of halogens is 3. The topological polar surface area (TPSA) is 55.3 Å². The molecule has 3 heterocycles. The van der Waals surface area contributed by atoms with Crippen LogP contribution in [0, 0.1) is 6.92 Å². The summed E-state index contributed by atoms with van der Waals surface area (Å²) >= 11 is 0. The number of fused-ring (bicyclic) bond motifs is 1. The summed E-state index contributed by atoms with van der Waals surface area (Å²) in [4.78, 5) is 21.9. The number of nitrogens with zero attached hydrogens (tertiary/aromatic N) is 3. The Balaban J connectivity index is 2.14. The molecule has 2 aromatic heterocycles. The van der Waals surface area contributed by atoms with Gasteiger partial charge in [0.25, 0.3) is 0 Å². The lowest BCUT2D eigenvalue weighted by atomic mass is 10.1. The third kappa shape index (κ3) is 2.79. The Morgan fingerprint density at radius 1 is 1.38 bits per heavy atom. The van der Waals surface area contributed by atoms with Crippen LogP contribution in [0.3, 0.4) is 0 Å². The number of ether oxygens (including phenoxy) is 1. The Hall–Kier alpha value is -2.64. The van der Waals surface area contributed by atoms with E-state index in [1.807, 2.05) is 0 Å². The molecule has 0 N–H and O–H groups in total. The normalized spacial score (nSPS) is 16.9. The van der Waals surface area contributed by atoms with Gasteiger partial charge in [0.1, 0.15) is 17.7 Å². The summed E-state index contributed by atoms with van der Waals surface area (Å²) in [7, 11) is 1.24. The third-order valence-corrected chi connectivity index (χ3v) is 3.81. The number of carbonyl (C=O) groups is 1. The van der Waals surface area contributed by atoms with Crippen molar-refractivity contribution in [1.82, 2.24) is 9.97 Å². The molecular formula is C16H14F3N3O2. The average molecular weight is 337 g/mol. The third-order valence-electron chi connectivity index (χ3n) is 3.81. The molecule has 0 saturated heterocycles. The number of hydrogen-bond acceptors (Lipinski definition) is 5. The van der Waals surface area contributed by atoms with Crippen LogP contribution >= 0.6 is 0 Å². The van der Waals surface area contributed by atoms with Crippen LogP contribution in [0.4, 0.5) is 24.8 Å². The fourth-order valence-electron chi connectivity index (χ4n) is 2.78. The number of methoxy groups -OCH3 is 1. The molecule has 5 nitrogen and oxygen atoms in total. The number of esters is 1. The molecule has 0 amide bonds. The summed E-state index contributed by atoms with van der Waals surface area (Å²) in [6, 6.07) is 4.58. The Kier molecular flexibility index (Phi) is 3.90. The van der Waals surface area contributed by atoms with Crippen molar-refractivity contribution in [2.75, 3.05) is 12.0 Å². The van der Waals surface area contributed by atoms with Crippen molar-refractivity contribution in [3.8, 4) is 0 Å². The summed E-state index contributed by atoms with van der Waals surface area (Å²) in [6.45, 7) is 1.47. The number of carbonyl (C=O) groups excluding carboxylic acids is 1. The van der Waals surface area contributed by atoms with Gasteiger partial charge in [0.05, 0.1) is 12.7 Å². The first kappa shape index (κ1) is 16.2. The minimum Gasteiger partial charge on any atom is -0.467 e. The van der Waals surface area contributed by atoms with Crippen molar-refractivity contribution in [2.45, 2.75) is 25.6 Å². The highest BCUT2D eigenvalue weighted by Gasteiger charge is 2.39. The molecule has 2 aromatic rings. The van der Waals surface area contributed by atoms with E-state index in [0.29, 0.717) is 12.2 Å². The molecule has 0 aliphatic carbocycles. The molecule has 0 bridgehead atoms. The Morgan fingerprint density at radius 2 is 2.12 bits per heavy atom. The van der Waals surface area contributed by atoms with Crippen LogP contribution in [0.1, 0.15) is 16.8 Å². The molecular weight excluding hydrogens is 323 g/mol. The molecule has 0 radical (unpaired) electrons. The predicted octanol–water partition coefficient (Wildman–Crippen LogP) is 3.04. The van der Waals surface area contributed by atoms with E-state index in [-0.39, 0.29) is 11.5 Å². The first-order valence-corrected chi connectivity index (χ1v) is 7.18. The lowest BCUT2D eigenvalue weighted by Gasteiger charge is -2.24. The zero-order valence-corrected chi connectivity index (χ0v) is 13.0. The standard InChI is InChI=1S/C16H14F3N3O2/c1-9-6-11(16(17,18)19)8-13(21-9)22-12(15(23)24-2)7-10-4-3-5-20-14(10)22/h3-6,8,12H,7H2,1-2H3. The maximum absolute atomic E-state index is 13.1. The van der Waals surface area contributed by atoms with Gasteiger partial charge in [0, 0.05) is 18.3 Å². The van der Waals surface area contributed by atoms with Gasteiger partial charge in [-0.2, -0.15) is 13.2 Å². The van der Waals surface area contributed by atoms with E-state index >= 15 is 0 Å². The summed E-state index contributed by atoms with van der Waals surface area (Å²) in [6.07, 6.45) is -2.69. The van der Waals surface area contributed by atoms with E-state index in [0.717, 1.165) is 17.7 Å². The van der Waals surface area contributed by atoms with E-state index in [9.17, 15) is 18.0 Å². The van der Waals surface area contributed by atoms with Crippen LogP contribution in [0.25, 0.3) is 0 Å². The van der Waals surface area contributed by atoms with E-state index in [2.05, 4.69) is 9.97 Å². The summed E-state index contributed by atoms with van der Waals surface area (Å²) in [5.74, 6) is -0.112. The van der Waals surface area contributed by atoms with Crippen molar-refractivity contribution < 1.29 is 22.7 Å². The van der Waals surface area contributed by atoms with Crippen LogP contribution in [0.2, 0.25) is 0 Å². The second-order valence-electron chi connectivity index (χ2n) is 5.45. The molecule has 0 aromatic carbocycles. The SMILES string of the molecule is COC(=O)C1Cc2cccnc2N1c1cc(C(F)(F)F)cc(C)n1. The minimum absolute atomic E-state index is 0.0233. The number of aromatic nitrogens is 2. The van der Waals surface area contributed by atoms with Gasteiger partial charge in [-0.15, -0.1) is 0 Å². The maximum Gasteiger partial charge on any atom is 0.416 e. The van der Waals surface area contributed by atoms with Crippen molar-refractivity contribution >= 4 is 17.6 Å². The molecule has 24 heavy (non-hydrogen) atoms. The zero-order valence-electron chi connectivity index (χ0n) is 13.0. The lowest BCUT2D eigenvalue weighted by molar-refractivity contribution is -0.141. The quantitative estimate of drug-likeness (QED) is 0.789. The fourth-order valence-corrected chi connectivity index (χ4v) is 2.78. The molecule has 8 heteroatoms. The first-order valence-electron chi connectivity index (χ1n) is 7.18. The first-order chi connectivity index (χ1) is 11.3. The molecule has 0 spiro atoms. The number of anilines is 2. The van der Waals surface area contributed by atoms with Crippen molar-refractivity contribution in [2.24, 2.45) is 0 Å². The highest BCUT2D eigenvalue weighted by Crippen LogP contribution is 2.38. The summed E-state index contributed by atoms with van der Waals surface area (Å²) < 4.78 is 44.1. The van der Waals surface area contributed by atoms with Crippen LogP contribution < -0.4 is 4.90 Å². The van der Waals surface area contributed by atoms with Gasteiger partial charge in [-0.25, -0.2) is 14.8 Å². The van der Waals surface area contributed by atoms with Gasteiger partial charge >= 0.3 is 12.1 Å². The minimum atomic E-state index is -4.50. The Labute approximate surface area is 136 Å². The number of hydrogen-bond donors (Lipinski definition) is 0. The average Bonchev–Trinajstić information content (AvgIpc) is 2.92. The molecule has 3 rings (SSSR count). The van der Waals surface area contributed by atoms with Crippen LogP contribution in [0.5, 0.6) is 0 Å². The Bertz CT molecular complexity index is 792. The predicted molar refractivity (Wildman–Crippen MR) is 79.9 cm³/mol. The van der Waals surface area contributed by atoms with Gasteiger partial charge in [-0.1, -0.05) is 6.07 Å². The van der Waals surface area contributed by atoms with Crippen LogP contribution in [-0.2, 0) is 22.1 Å². The smallest absolute Gasteiger partial charge is 0.416 e. The lowest BCUT2D eigenvalue weighted by Crippen LogP contribution is -2.37. The molecule has 126 valence electrons. The number of pyridine rings is 2. The monoisotopic (exact) mass is 337 g/mol. The molecule has 1 aliphatic rings. The number of alkyl halides is 3. The maximum atomic E-state index is 13.1. The molecule has 1 atom stereocenters. The molecule has 1 unspecified atom stereocenters. The largest absolute Gasteiger partial charge is 0.467 e.